The van der Waals surface area contributed by atoms with Gasteiger partial charge in [-0.15, -0.1) is 0 Å². The number of carbonyl (C=O) groups is 3. The first-order chi connectivity index (χ1) is 17.3. The van der Waals surface area contributed by atoms with Gasteiger partial charge in [0, 0.05) is 5.69 Å². The topological polar surface area (TPSA) is 75.7 Å². The molecular formula is C30H28N2O4. The van der Waals surface area contributed by atoms with E-state index in [1.54, 1.807) is 48.5 Å². The Balaban J connectivity index is 1.32. The van der Waals surface area contributed by atoms with Gasteiger partial charge in [0.05, 0.1) is 23.1 Å². The summed E-state index contributed by atoms with van der Waals surface area (Å²) in [5.41, 5.74) is 4.65. The molecule has 3 amide bonds. The zero-order valence-corrected chi connectivity index (χ0v) is 20.6. The molecule has 2 atom stereocenters. The smallest absolute Gasteiger partial charge is 0.257 e. The lowest BCUT2D eigenvalue weighted by Gasteiger charge is -2.19. The van der Waals surface area contributed by atoms with Gasteiger partial charge in [0.15, 0.2) is 0 Å². The third kappa shape index (κ3) is 4.42. The van der Waals surface area contributed by atoms with Crippen LogP contribution in [0.3, 0.4) is 0 Å². The van der Waals surface area contributed by atoms with Crippen LogP contribution in [0.15, 0.2) is 78.4 Å². The summed E-state index contributed by atoms with van der Waals surface area (Å²) in [7, 11) is 0. The third-order valence-corrected chi connectivity index (χ3v) is 7.04. The maximum atomic E-state index is 13.2. The quantitative estimate of drug-likeness (QED) is 0.349. The Bertz CT molecular complexity index is 1390. The van der Waals surface area contributed by atoms with Crippen LogP contribution in [0.1, 0.15) is 41.3 Å². The molecule has 3 aromatic rings. The molecule has 0 saturated carbocycles. The Morgan fingerprint density at radius 1 is 0.861 bits per heavy atom. The standard InChI is InChI=1S/C30H28N2O4/c1-18-8-15-24-26(16-18)30(35)32(29(24)34)27-7-5-4-6-25(27)28(33)31-21-10-13-22(14-11-21)36-23-12-9-19(2)20(3)17-23/h4-14,17,24,26H,15-16H2,1-3H3,(H,31,33)/t24-,26-/m0/s1. The number of rotatable bonds is 5. The van der Waals surface area contributed by atoms with Crippen molar-refractivity contribution in [3.63, 3.8) is 0 Å². The molecule has 1 heterocycles. The molecule has 3 aromatic carbocycles. The lowest BCUT2D eigenvalue weighted by atomic mass is 9.82. The van der Waals surface area contributed by atoms with Crippen LogP contribution in [-0.4, -0.2) is 17.7 Å². The number of allylic oxidation sites excluding steroid dienone is 2. The minimum Gasteiger partial charge on any atom is -0.457 e. The molecule has 0 spiro atoms. The SMILES string of the molecule is CC1=CC[C@@H]2C(=O)N(c3ccccc3C(=O)Nc3ccc(Oc4ccc(C)c(C)c4)cc3)C(=O)[C@H]2C1. The summed E-state index contributed by atoms with van der Waals surface area (Å²) in [6.07, 6.45) is 3.17. The molecule has 0 unspecified atom stereocenters. The highest BCUT2D eigenvalue weighted by molar-refractivity contribution is 6.25. The van der Waals surface area contributed by atoms with Crippen LogP contribution in [0, 0.1) is 25.7 Å². The summed E-state index contributed by atoms with van der Waals surface area (Å²) in [5, 5.41) is 2.88. The molecule has 2 aliphatic rings. The average molecular weight is 481 g/mol. The molecular weight excluding hydrogens is 452 g/mol. The van der Waals surface area contributed by atoms with E-state index in [-0.39, 0.29) is 29.2 Å². The van der Waals surface area contributed by atoms with Crippen molar-refractivity contribution in [2.75, 3.05) is 10.2 Å². The van der Waals surface area contributed by atoms with Gasteiger partial charge in [0.25, 0.3) is 5.91 Å². The molecule has 1 aliphatic carbocycles. The predicted molar refractivity (Wildman–Crippen MR) is 139 cm³/mol. The minimum absolute atomic E-state index is 0.231. The summed E-state index contributed by atoms with van der Waals surface area (Å²) < 4.78 is 5.92. The highest BCUT2D eigenvalue weighted by Gasteiger charge is 2.49. The molecule has 1 fully saturated rings. The van der Waals surface area contributed by atoms with Crippen molar-refractivity contribution >= 4 is 29.1 Å². The molecule has 1 N–H and O–H groups in total. The molecule has 1 aliphatic heterocycles. The first-order valence-corrected chi connectivity index (χ1v) is 12.1. The first-order valence-electron chi connectivity index (χ1n) is 12.1. The molecule has 6 heteroatoms. The molecule has 1 saturated heterocycles. The van der Waals surface area contributed by atoms with Crippen LogP contribution < -0.4 is 15.0 Å². The van der Waals surface area contributed by atoms with E-state index < -0.39 is 5.91 Å². The molecule has 0 radical (unpaired) electrons. The number of anilines is 2. The number of imide groups is 1. The number of fused-ring (bicyclic) bond motifs is 1. The van der Waals surface area contributed by atoms with Crippen molar-refractivity contribution in [2.24, 2.45) is 11.8 Å². The van der Waals surface area contributed by atoms with Gasteiger partial charge >= 0.3 is 0 Å². The second-order valence-electron chi connectivity index (χ2n) is 9.56. The van der Waals surface area contributed by atoms with Gasteiger partial charge in [0.2, 0.25) is 11.8 Å². The van der Waals surface area contributed by atoms with Crippen molar-refractivity contribution in [1.29, 1.82) is 0 Å². The largest absolute Gasteiger partial charge is 0.457 e. The number of amides is 3. The zero-order chi connectivity index (χ0) is 25.4. The second-order valence-corrected chi connectivity index (χ2v) is 9.56. The van der Waals surface area contributed by atoms with E-state index in [1.165, 1.54) is 10.5 Å². The van der Waals surface area contributed by atoms with Crippen molar-refractivity contribution in [2.45, 2.75) is 33.6 Å². The van der Waals surface area contributed by atoms with Gasteiger partial charge in [-0.05, 0) is 93.3 Å². The van der Waals surface area contributed by atoms with Crippen LogP contribution in [0.2, 0.25) is 0 Å². The summed E-state index contributed by atoms with van der Waals surface area (Å²) in [6.45, 7) is 6.07. The van der Waals surface area contributed by atoms with Crippen molar-refractivity contribution in [3.05, 3.63) is 95.1 Å². The van der Waals surface area contributed by atoms with E-state index in [0.29, 0.717) is 30.0 Å². The Kier molecular flexibility index (Phi) is 6.18. The number of hydrogen-bond donors (Lipinski definition) is 1. The van der Waals surface area contributed by atoms with Crippen LogP contribution in [-0.2, 0) is 9.59 Å². The Hall–Kier alpha value is -4.19. The predicted octanol–water partition coefficient (Wildman–Crippen LogP) is 6.19. The van der Waals surface area contributed by atoms with E-state index in [0.717, 1.165) is 16.9 Å². The number of hydrogen-bond acceptors (Lipinski definition) is 4. The number of carbonyl (C=O) groups excluding carboxylic acids is 3. The lowest BCUT2D eigenvalue weighted by molar-refractivity contribution is -0.122. The van der Waals surface area contributed by atoms with Gasteiger partial charge in [-0.25, -0.2) is 4.90 Å². The summed E-state index contributed by atoms with van der Waals surface area (Å²) in [5.74, 6) is -0.178. The molecule has 36 heavy (non-hydrogen) atoms. The van der Waals surface area contributed by atoms with E-state index in [9.17, 15) is 14.4 Å². The van der Waals surface area contributed by atoms with Gasteiger partial charge in [-0.1, -0.05) is 29.8 Å². The number of ether oxygens (including phenoxy) is 1. The fraction of sp³-hybridized carbons (Fsp3) is 0.233. The van der Waals surface area contributed by atoms with E-state index >= 15 is 0 Å². The Morgan fingerprint density at radius 2 is 1.56 bits per heavy atom. The summed E-state index contributed by atoms with van der Waals surface area (Å²) in [6, 6.07) is 19.7. The van der Waals surface area contributed by atoms with Gasteiger partial charge in [-0.3, -0.25) is 14.4 Å². The zero-order valence-electron chi connectivity index (χ0n) is 20.6. The van der Waals surface area contributed by atoms with Crippen molar-refractivity contribution in [3.8, 4) is 11.5 Å². The highest BCUT2D eigenvalue weighted by Crippen LogP contribution is 2.40. The number of benzene rings is 3. The number of nitrogens with zero attached hydrogens (tertiary/aromatic N) is 1. The second kappa shape index (κ2) is 9.46. The average Bonchev–Trinajstić information content (AvgIpc) is 3.11. The van der Waals surface area contributed by atoms with Crippen LogP contribution in [0.5, 0.6) is 11.5 Å². The van der Waals surface area contributed by atoms with Gasteiger partial charge < -0.3 is 10.1 Å². The van der Waals surface area contributed by atoms with E-state index in [4.69, 9.17) is 4.74 Å². The monoisotopic (exact) mass is 480 g/mol. The van der Waals surface area contributed by atoms with E-state index in [1.807, 2.05) is 38.1 Å². The van der Waals surface area contributed by atoms with E-state index in [2.05, 4.69) is 12.2 Å². The third-order valence-electron chi connectivity index (χ3n) is 7.04. The first kappa shape index (κ1) is 23.5. The molecule has 0 bridgehead atoms. The van der Waals surface area contributed by atoms with Crippen molar-refractivity contribution in [1.82, 2.24) is 0 Å². The molecule has 0 aromatic heterocycles. The maximum absolute atomic E-state index is 13.2. The van der Waals surface area contributed by atoms with Crippen molar-refractivity contribution < 1.29 is 19.1 Å². The maximum Gasteiger partial charge on any atom is 0.257 e. The summed E-state index contributed by atoms with van der Waals surface area (Å²) in [4.78, 5) is 40.8. The van der Waals surface area contributed by atoms with Gasteiger partial charge in [0.1, 0.15) is 11.5 Å². The Labute approximate surface area is 210 Å². The number of aryl methyl sites for hydroxylation is 2. The van der Waals surface area contributed by atoms with Crippen LogP contribution >= 0.6 is 0 Å². The minimum atomic E-state index is -0.391. The number of nitrogens with one attached hydrogen (secondary N) is 1. The molecule has 5 rings (SSSR count). The Morgan fingerprint density at radius 3 is 2.31 bits per heavy atom. The fourth-order valence-corrected chi connectivity index (χ4v) is 4.85. The molecule has 182 valence electrons. The van der Waals surface area contributed by atoms with Crippen LogP contribution in [0.4, 0.5) is 11.4 Å². The molecule has 6 nitrogen and oxygen atoms in total. The van der Waals surface area contributed by atoms with Crippen LogP contribution in [0.25, 0.3) is 0 Å². The normalized spacial score (nSPS) is 19.1. The summed E-state index contributed by atoms with van der Waals surface area (Å²) >= 11 is 0. The van der Waals surface area contributed by atoms with Gasteiger partial charge in [-0.2, -0.15) is 0 Å². The lowest BCUT2D eigenvalue weighted by Crippen LogP contribution is -2.33. The highest BCUT2D eigenvalue weighted by atomic mass is 16.5. The fourth-order valence-electron chi connectivity index (χ4n) is 4.85. The number of para-hydroxylation sites is 1.